The number of aliphatic hydroxyl groups is 1. The lowest BCUT2D eigenvalue weighted by atomic mass is 9.86. The van der Waals surface area contributed by atoms with Gasteiger partial charge in [0, 0.05) is 25.2 Å². The van der Waals surface area contributed by atoms with Crippen LogP contribution in [0.15, 0.2) is 60.7 Å². The number of Topliss-reactive ketones (excluding diaryl/α,β-unsaturated/α-hetero) is 1. The zero-order valence-corrected chi connectivity index (χ0v) is 14.8. The van der Waals surface area contributed by atoms with Gasteiger partial charge in [-0.1, -0.05) is 60.7 Å². The van der Waals surface area contributed by atoms with Crippen LogP contribution in [0.3, 0.4) is 0 Å². The molecular weight excluding hydrogens is 330 g/mol. The molecule has 1 fully saturated rings. The lowest BCUT2D eigenvalue weighted by Gasteiger charge is -2.33. The summed E-state index contributed by atoms with van der Waals surface area (Å²) in [4.78, 5) is 15.5. The minimum atomic E-state index is -1.39. The van der Waals surface area contributed by atoms with Gasteiger partial charge < -0.3 is 14.6 Å². The van der Waals surface area contributed by atoms with E-state index in [9.17, 15) is 9.90 Å². The number of nitrogens with zero attached hydrogens (tertiary/aromatic N) is 1. The summed E-state index contributed by atoms with van der Waals surface area (Å²) >= 11 is 0. The Morgan fingerprint density at radius 1 is 1.04 bits per heavy atom. The average Bonchev–Trinajstić information content (AvgIpc) is 2.73. The van der Waals surface area contributed by atoms with Crippen LogP contribution < -0.4 is 0 Å². The second kappa shape index (κ2) is 9.05. The molecule has 1 atom stereocenters. The van der Waals surface area contributed by atoms with Crippen molar-refractivity contribution in [2.24, 2.45) is 0 Å². The van der Waals surface area contributed by atoms with Gasteiger partial charge in [0.05, 0.1) is 26.4 Å². The van der Waals surface area contributed by atoms with Gasteiger partial charge in [0.2, 0.25) is 5.78 Å². The van der Waals surface area contributed by atoms with E-state index in [4.69, 9.17) is 9.47 Å². The zero-order valence-electron chi connectivity index (χ0n) is 14.8. The first-order chi connectivity index (χ1) is 12.8. The number of ketones is 1. The number of aliphatic hydroxyl groups excluding tert-OH is 1. The molecule has 1 unspecified atom stereocenters. The van der Waals surface area contributed by atoms with Crippen LogP contribution in [0.2, 0.25) is 0 Å². The van der Waals surface area contributed by atoms with Gasteiger partial charge in [-0.25, -0.2) is 0 Å². The number of hydrogen-bond donors (Lipinski definition) is 1. The highest BCUT2D eigenvalue weighted by Crippen LogP contribution is 2.30. The van der Waals surface area contributed by atoms with E-state index < -0.39 is 12.2 Å². The summed E-state index contributed by atoms with van der Waals surface area (Å²) in [5.74, 6) is -0.228. The van der Waals surface area contributed by atoms with Gasteiger partial charge in [0.1, 0.15) is 0 Å². The maximum atomic E-state index is 13.3. The van der Waals surface area contributed by atoms with Crippen molar-refractivity contribution in [2.45, 2.75) is 5.60 Å². The molecule has 3 rings (SSSR count). The van der Waals surface area contributed by atoms with Crippen LogP contribution in [0, 0.1) is 0 Å². The van der Waals surface area contributed by atoms with Gasteiger partial charge in [0.25, 0.3) is 0 Å². The summed E-state index contributed by atoms with van der Waals surface area (Å²) in [5, 5.41) is 10.2. The molecule has 1 aliphatic heterocycles. The topological polar surface area (TPSA) is 59.0 Å². The number of ether oxygens (including phenoxy) is 2. The number of hydrogen-bond acceptors (Lipinski definition) is 5. The molecule has 0 aromatic heterocycles. The van der Waals surface area contributed by atoms with Crippen molar-refractivity contribution in [2.75, 3.05) is 46.1 Å². The number of carbonyl (C=O) groups is 1. The first kappa shape index (κ1) is 18.7. The summed E-state index contributed by atoms with van der Waals surface area (Å²) in [6, 6.07) is 18.2. The van der Waals surface area contributed by atoms with Gasteiger partial charge in [-0.2, -0.15) is 0 Å². The molecule has 0 aliphatic carbocycles. The smallest absolute Gasteiger partial charge is 0.201 e. The van der Waals surface area contributed by atoms with E-state index in [0.717, 1.165) is 13.1 Å². The molecule has 0 amide bonds. The van der Waals surface area contributed by atoms with Crippen LogP contribution in [-0.4, -0.2) is 61.9 Å². The molecule has 2 aromatic rings. The first-order valence-corrected chi connectivity index (χ1v) is 8.96. The molecule has 1 N–H and O–H groups in total. The molecule has 0 saturated carbocycles. The maximum absolute atomic E-state index is 13.3. The number of carbonyl (C=O) groups excluding carboxylic acids is 1. The van der Waals surface area contributed by atoms with Gasteiger partial charge in [-0.3, -0.25) is 9.69 Å². The third kappa shape index (κ3) is 4.19. The molecule has 1 heterocycles. The Kier molecular flexibility index (Phi) is 6.52. The minimum Gasteiger partial charge on any atom is -0.392 e. The summed E-state index contributed by atoms with van der Waals surface area (Å²) in [5.41, 5.74) is -0.204. The highest BCUT2D eigenvalue weighted by atomic mass is 16.5. The minimum absolute atomic E-state index is 0.228. The summed E-state index contributed by atoms with van der Waals surface area (Å²) in [6.07, 6.45) is 0. The fraction of sp³-hybridized carbons (Fsp3) is 0.381. The largest absolute Gasteiger partial charge is 0.392 e. The van der Waals surface area contributed by atoms with Crippen molar-refractivity contribution >= 4 is 5.78 Å². The van der Waals surface area contributed by atoms with E-state index in [1.54, 1.807) is 12.1 Å². The molecule has 5 nitrogen and oxygen atoms in total. The SMILES string of the molecule is O=C(c1ccccc1)C(CO)(OCCN1CCOCC1)c1ccccc1. The van der Waals surface area contributed by atoms with Crippen molar-refractivity contribution in [1.82, 2.24) is 4.90 Å². The molecule has 1 aliphatic rings. The molecule has 0 radical (unpaired) electrons. The Hall–Kier alpha value is -2.05. The van der Waals surface area contributed by atoms with Crippen molar-refractivity contribution in [1.29, 1.82) is 0 Å². The zero-order chi connectivity index (χ0) is 18.2. The number of morpholine rings is 1. The van der Waals surface area contributed by atoms with Gasteiger partial charge in [0.15, 0.2) is 5.60 Å². The predicted molar refractivity (Wildman–Crippen MR) is 99.2 cm³/mol. The normalized spacial score (nSPS) is 17.6. The first-order valence-electron chi connectivity index (χ1n) is 8.96. The lowest BCUT2D eigenvalue weighted by molar-refractivity contribution is -0.0700. The molecule has 0 bridgehead atoms. The van der Waals surface area contributed by atoms with E-state index >= 15 is 0 Å². The highest BCUT2D eigenvalue weighted by molar-refractivity contribution is 6.03. The van der Waals surface area contributed by atoms with E-state index in [-0.39, 0.29) is 5.78 Å². The van der Waals surface area contributed by atoms with Crippen molar-refractivity contribution < 1.29 is 19.4 Å². The standard InChI is InChI=1S/C21H25NO4/c23-17-21(19-9-5-2-6-10-19,20(24)18-7-3-1-4-8-18)26-16-13-22-11-14-25-15-12-22/h1-10,23H,11-17H2. The van der Waals surface area contributed by atoms with Crippen molar-refractivity contribution in [3.05, 3.63) is 71.8 Å². The molecule has 138 valence electrons. The Balaban J connectivity index is 1.82. The van der Waals surface area contributed by atoms with Crippen molar-refractivity contribution in [3.63, 3.8) is 0 Å². The molecule has 1 saturated heterocycles. The van der Waals surface area contributed by atoms with Crippen LogP contribution in [0.5, 0.6) is 0 Å². The summed E-state index contributed by atoms with van der Waals surface area (Å²) < 4.78 is 11.5. The lowest BCUT2D eigenvalue weighted by Crippen LogP contribution is -2.45. The third-order valence-corrected chi connectivity index (χ3v) is 4.73. The van der Waals surface area contributed by atoms with Crippen LogP contribution in [0.1, 0.15) is 15.9 Å². The van der Waals surface area contributed by atoms with E-state index in [1.807, 2.05) is 48.5 Å². The second-order valence-corrected chi connectivity index (χ2v) is 6.35. The van der Waals surface area contributed by atoms with E-state index in [0.29, 0.717) is 37.5 Å². The predicted octanol–water partition coefficient (Wildman–Crippen LogP) is 2.11. The number of rotatable bonds is 8. The monoisotopic (exact) mass is 355 g/mol. The summed E-state index contributed by atoms with van der Waals surface area (Å²) in [7, 11) is 0. The summed E-state index contributed by atoms with van der Waals surface area (Å²) in [6.45, 7) is 3.78. The van der Waals surface area contributed by atoms with Gasteiger partial charge in [-0.15, -0.1) is 0 Å². The molecule has 0 spiro atoms. The highest BCUT2D eigenvalue weighted by Gasteiger charge is 2.41. The fourth-order valence-corrected chi connectivity index (χ4v) is 3.19. The molecule has 5 heteroatoms. The average molecular weight is 355 g/mol. The van der Waals surface area contributed by atoms with E-state index in [2.05, 4.69) is 4.90 Å². The van der Waals surface area contributed by atoms with Gasteiger partial charge >= 0.3 is 0 Å². The molecule has 2 aromatic carbocycles. The van der Waals surface area contributed by atoms with Crippen LogP contribution in [-0.2, 0) is 15.1 Å². The van der Waals surface area contributed by atoms with Gasteiger partial charge in [-0.05, 0) is 5.56 Å². The Labute approximate surface area is 154 Å². The molecular formula is C21H25NO4. The molecule has 26 heavy (non-hydrogen) atoms. The van der Waals surface area contributed by atoms with Crippen LogP contribution in [0.4, 0.5) is 0 Å². The van der Waals surface area contributed by atoms with Crippen molar-refractivity contribution in [3.8, 4) is 0 Å². The van der Waals surface area contributed by atoms with Crippen LogP contribution in [0.25, 0.3) is 0 Å². The van der Waals surface area contributed by atoms with E-state index in [1.165, 1.54) is 0 Å². The maximum Gasteiger partial charge on any atom is 0.201 e. The Bertz CT molecular complexity index is 686. The van der Waals surface area contributed by atoms with Crippen LogP contribution >= 0.6 is 0 Å². The fourth-order valence-electron chi connectivity index (χ4n) is 3.19. The quantitative estimate of drug-likeness (QED) is 0.735. The second-order valence-electron chi connectivity index (χ2n) is 6.35. The Morgan fingerprint density at radius 2 is 1.65 bits per heavy atom. The Morgan fingerprint density at radius 3 is 2.27 bits per heavy atom. The third-order valence-electron chi connectivity index (χ3n) is 4.73. The number of benzene rings is 2.